The number of hydrogen-bond donors (Lipinski definition) is 2. The first-order valence-electron chi connectivity index (χ1n) is 5.10. The van der Waals surface area contributed by atoms with Crippen molar-refractivity contribution in [1.82, 2.24) is 9.97 Å². The van der Waals surface area contributed by atoms with Crippen LogP contribution in [0.1, 0.15) is 33.1 Å². The van der Waals surface area contributed by atoms with Gasteiger partial charge in [0, 0.05) is 12.1 Å². The smallest absolute Gasteiger partial charge is 0.131 e. The molecule has 1 heterocycles. The van der Waals surface area contributed by atoms with Crippen molar-refractivity contribution >= 4 is 11.6 Å². The van der Waals surface area contributed by atoms with E-state index in [0.717, 1.165) is 18.7 Å². The van der Waals surface area contributed by atoms with E-state index in [1.807, 2.05) is 0 Å². The fourth-order valence-corrected chi connectivity index (χ4v) is 1.39. The average molecular weight is 194 g/mol. The largest absolute Gasteiger partial charge is 0.384 e. The van der Waals surface area contributed by atoms with E-state index in [2.05, 4.69) is 29.1 Å². The highest BCUT2D eigenvalue weighted by molar-refractivity contribution is 5.43. The molecule has 1 aromatic heterocycles. The van der Waals surface area contributed by atoms with E-state index >= 15 is 0 Å². The van der Waals surface area contributed by atoms with Gasteiger partial charge in [-0.25, -0.2) is 9.97 Å². The maximum atomic E-state index is 5.56. The molecular formula is C10H18N4. The number of nitrogens with two attached hydrogens (primary N) is 1. The molecule has 0 amide bonds. The van der Waals surface area contributed by atoms with Gasteiger partial charge in [-0.05, 0) is 12.8 Å². The second-order valence-electron chi connectivity index (χ2n) is 3.37. The van der Waals surface area contributed by atoms with E-state index in [-0.39, 0.29) is 0 Å². The first kappa shape index (κ1) is 10.8. The monoisotopic (exact) mass is 194 g/mol. The van der Waals surface area contributed by atoms with Crippen molar-refractivity contribution in [2.24, 2.45) is 0 Å². The molecule has 0 fully saturated rings. The second kappa shape index (κ2) is 5.42. The van der Waals surface area contributed by atoms with E-state index in [0.29, 0.717) is 11.9 Å². The van der Waals surface area contributed by atoms with Crippen LogP contribution in [0.3, 0.4) is 0 Å². The highest BCUT2D eigenvalue weighted by atomic mass is 15.0. The van der Waals surface area contributed by atoms with Crippen molar-refractivity contribution in [3.63, 3.8) is 0 Å². The Bertz CT molecular complexity index is 275. The topological polar surface area (TPSA) is 63.8 Å². The molecule has 0 saturated heterocycles. The minimum atomic E-state index is 0.481. The molecule has 1 rings (SSSR count). The summed E-state index contributed by atoms with van der Waals surface area (Å²) in [4.78, 5) is 7.95. The van der Waals surface area contributed by atoms with Crippen LogP contribution in [0.4, 0.5) is 11.6 Å². The van der Waals surface area contributed by atoms with E-state index in [4.69, 9.17) is 5.73 Å². The first-order chi connectivity index (χ1) is 6.76. The first-order valence-corrected chi connectivity index (χ1v) is 5.10. The summed E-state index contributed by atoms with van der Waals surface area (Å²) in [6.45, 7) is 4.34. The van der Waals surface area contributed by atoms with Gasteiger partial charge in [0.1, 0.15) is 18.0 Å². The van der Waals surface area contributed by atoms with Crippen molar-refractivity contribution in [3.8, 4) is 0 Å². The Kier molecular flexibility index (Phi) is 4.16. The number of nitrogens with zero attached hydrogens (tertiary/aromatic N) is 2. The molecule has 0 aromatic carbocycles. The normalized spacial score (nSPS) is 12.4. The molecule has 78 valence electrons. The lowest BCUT2D eigenvalue weighted by Crippen LogP contribution is -2.18. The Labute approximate surface area is 85.0 Å². The van der Waals surface area contributed by atoms with Crippen molar-refractivity contribution in [1.29, 1.82) is 0 Å². The molecule has 0 saturated carbocycles. The molecule has 0 aliphatic rings. The van der Waals surface area contributed by atoms with Gasteiger partial charge < -0.3 is 11.1 Å². The zero-order valence-corrected chi connectivity index (χ0v) is 8.83. The zero-order chi connectivity index (χ0) is 10.4. The number of nitrogen functional groups attached to an aromatic ring is 1. The predicted octanol–water partition coefficient (Wildman–Crippen LogP) is 2.05. The summed E-state index contributed by atoms with van der Waals surface area (Å²) >= 11 is 0. The van der Waals surface area contributed by atoms with E-state index in [1.54, 1.807) is 6.07 Å². The van der Waals surface area contributed by atoms with Gasteiger partial charge in [0.2, 0.25) is 0 Å². The van der Waals surface area contributed by atoms with Gasteiger partial charge in [0.25, 0.3) is 0 Å². The fourth-order valence-electron chi connectivity index (χ4n) is 1.39. The summed E-state index contributed by atoms with van der Waals surface area (Å²) < 4.78 is 0. The van der Waals surface area contributed by atoms with Crippen LogP contribution in [0.2, 0.25) is 0 Å². The molecule has 0 bridgehead atoms. The molecule has 1 unspecified atom stereocenters. The predicted molar refractivity (Wildman–Crippen MR) is 59.1 cm³/mol. The van der Waals surface area contributed by atoms with Crippen molar-refractivity contribution in [2.75, 3.05) is 11.1 Å². The highest BCUT2D eigenvalue weighted by Crippen LogP contribution is 2.11. The van der Waals surface area contributed by atoms with Crippen molar-refractivity contribution in [3.05, 3.63) is 12.4 Å². The molecule has 0 aliphatic carbocycles. The van der Waals surface area contributed by atoms with Gasteiger partial charge in [-0.3, -0.25) is 0 Å². The van der Waals surface area contributed by atoms with Gasteiger partial charge in [0.15, 0.2) is 0 Å². The van der Waals surface area contributed by atoms with E-state index in [1.165, 1.54) is 12.7 Å². The van der Waals surface area contributed by atoms with Crippen LogP contribution in [-0.2, 0) is 0 Å². The Hall–Kier alpha value is -1.32. The fraction of sp³-hybridized carbons (Fsp3) is 0.600. The molecular weight excluding hydrogens is 176 g/mol. The van der Waals surface area contributed by atoms with Crippen molar-refractivity contribution in [2.45, 2.75) is 39.2 Å². The van der Waals surface area contributed by atoms with Crippen LogP contribution in [0, 0.1) is 0 Å². The molecule has 0 spiro atoms. The minimum absolute atomic E-state index is 0.481. The van der Waals surface area contributed by atoms with Crippen LogP contribution in [0.25, 0.3) is 0 Å². The van der Waals surface area contributed by atoms with Gasteiger partial charge in [0.05, 0.1) is 0 Å². The maximum Gasteiger partial charge on any atom is 0.131 e. The van der Waals surface area contributed by atoms with E-state index in [9.17, 15) is 0 Å². The molecule has 4 heteroatoms. The molecule has 4 nitrogen and oxygen atoms in total. The van der Waals surface area contributed by atoms with Gasteiger partial charge in [-0.1, -0.05) is 20.3 Å². The van der Waals surface area contributed by atoms with Crippen LogP contribution < -0.4 is 11.1 Å². The SMILES string of the molecule is CCCC(CC)Nc1cc(N)ncn1. The number of nitrogens with one attached hydrogen (secondary N) is 1. The van der Waals surface area contributed by atoms with Gasteiger partial charge in [-0.15, -0.1) is 0 Å². The highest BCUT2D eigenvalue weighted by Gasteiger charge is 2.05. The molecule has 1 aromatic rings. The summed E-state index contributed by atoms with van der Waals surface area (Å²) in [5.41, 5.74) is 5.56. The molecule has 0 aliphatic heterocycles. The number of aromatic nitrogens is 2. The summed E-state index contributed by atoms with van der Waals surface area (Å²) in [7, 11) is 0. The lowest BCUT2D eigenvalue weighted by molar-refractivity contribution is 0.620. The number of anilines is 2. The zero-order valence-electron chi connectivity index (χ0n) is 8.83. The van der Waals surface area contributed by atoms with Gasteiger partial charge in [-0.2, -0.15) is 0 Å². The lowest BCUT2D eigenvalue weighted by atomic mass is 10.1. The summed E-state index contributed by atoms with van der Waals surface area (Å²) in [6, 6.07) is 2.24. The van der Waals surface area contributed by atoms with Gasteiger partial charge >= 0.3 is 0 Å². The number of hydrogen-bond acceptors (Lipinski definition) is 4. The Morgan fingerprint density at radius 3 is 2.79 bits per heavy atom. The van der Waals surface area contributed by atoms with Crippen LogP contribution in [0.15, 0.2) is 12.4 Å². The third-order valence-electron chi connectivity index (χ3n) is 2.17. The molecule has 3 N–H and O–H groups in total. The lowest BCUT2D eigenvalue weighted by Gasteiger charge is -2.16. The quantitative estimate of drug-likeness (QED) is 0.753. The third-order valence-corrected chi connectivity index (χ3v) is 2.17. The van der Waals surface area contributed by atoms with Crippen LogP contribution >= 0.6 is 0 Å². The van der Waals surface area contributed by atoms with Crippen molar-refractivity contribution < 1.29 is 0 Å². The maximum absolute atomic E-state index is 5.56. The Morgan fingerprint density at radius 1 is 1.43 bits per heavy atom. The summed E-state index contributed by atoms with van der Waals surface area (Å²) in [5, 5.41) is 3.34. The third kappa shape index (κ3) is 3.20. The van der Waals surface area contributed by atoms with Crippen LogP contribution in [-0.4, -0.2) is 16.0 Å². The summed E-state index contributed by atoms with van der Waals surface area (Å²) in [5.74, 6) is 1.33. The Morgan fingerprint density at radius 2 is 2.21 bits per heavy atom. The van der Waals surface area contributed by atoms with Crippen LogP contribution in [0.5, 0.6) is 0 Å². The average Bonchev–Trinajstić information content (AvgIpc) is 2.17. The number of rotatable bonds is 5. The minimum Gasteiger partial charge on any atom is -0.384 e. The Balaban J connectivity index is 2.57. The second-order valence-corrected chi connectivity index (χ2v) is 3.37. The molecule has 1 atom stereocenters. The molecule has 0 radical (unpaired) electrons. The standard InChI is InChI=1S/C10H18N4/c1-3-5-8(4-2)14-10-6-9(11)12-7-13-10/h6-8H,3-5H2,1-2H3,(H3,11,12,13,14). The van der Waals surface area contributed by atoms with E-state index < -0.39 is 0 Å². The molecule has 14 heavy (non-hydrogen) atoms. The summed E-state index contributed by atoms with van der Waals surface area (Å²) in [6.07, 6.45) is 4.90.